The topological polar surface area (TPSA) is 27.0 Å². The molecule has 0 radical (unpaired) electrons. The molecule has 2 heterocycles. The van der Waals surface area contributed by atoms with Gasteiger partial charge in [0.05, 0.1) is 12.6 Å². The Balaban J connectivity index is 1.86. The molecule has 0 atom stereocenters. The van der Waals surface area contributed by atoms with Gasteiger partial charge in [0.1, 0.15) is 0 Å². The summed E-state index contributed by atoms with van der Waals surface area (Å²) in [6.07, 6.45) is 2.86. The lowest BCUT2D eigenvalue weighted by molar-refractivity contribution is 0.0359. The van der Waals surface area contributed by atoms with Crippen LogP contribution in [0.2, 0.25) is 0 Å². The van der Waals surface area contributed by atoms with E-state index in [9.17, 15) is 0 Å². The van der Waals surface area contributed by atoms with Gasteiger partial charge in [-0.15, -0.1) is 0 Å². The van der Waals surface area contributed by atoms with Crippen molar-refractivity contribution in [2.45, 2.75) is 12.8 Å². The van der Waals surface area contributed by atoms with Gasteiger partial charge < -0.3 is 0 Å². The average Bonchev–Trinajstić information content (AvgIpc) is 1.87. The van der Waals surface area contributed by atoms with Gasteiger partial charge in [0, 0.05) is 13.1 Å². The first-order valence-electron chi connectivity index (χ1n) is 3.98. The molecule has 2 nitrogen and oxygen atoms in total. The van der Waals surface area contributed by atoms with Crippen LogP contribution in [0.3, 0.4) is 0 Å². The van der Waals surface area contributed by atoms with Crippen LogP contribution in [0, 0.1) is 23.2 Å². The smallest absolute Gasteiger partial charge is 0.0866 e. The van der Waals surface area contributed by atoms with Crippen LogP contribution < -0.4 is 0 Å². The average molecular weight is 136 g/mol. The Hall–Kier alpha value is -0.550. The van der Waals surface area contributed by atoms with E-state index >= 15 is 0 Å². The molecular formula is C8H12N2. The van der Waals surface area contributed by atoms with Crippen LogP contribution in [-0.2, 0) is 0 Å². The lowest BCUT2D eigenvalue weighted by Gasteiger charge is -2.46. The standard InChI is InChI=1S/C8H12N2/c9-1-2-10-5-7-3-8(4-7)6-10/h7-8H,2-6H2. The van der Waals surface area contributed by atoms with E-state index in [4.69, 9.17) is 5.26 Å². The molecule has 1 saturated carbocycles. The molecule has 2 bridgehead atoms. The summed E-state index contributed by atoms with van der Waals surface area (Å²) in [4.78, 5) is 2.28. The van der Waals surface area contributed by atoms with Gasteiger partial charge in [-0.25, -0.2) is 0 Å². The van der Waals surface area contributed by atoms with Crippen molar-refractivity contribution in [3.05, 3.63) is 0 Å². The van der Waals surface area contributed by atoms with Gasteiger partial charge >= 0.3 is 0 Å². The summed E-state index contributed by atoms with van der Waals surface area (Å²) in [7, 11) is 0. The molecule has 10 heavy (non-hydrogen) atoms. The van der Waals surface area contributed by atoms with Crippen molar-refractivity contribution in [2.24, 2.45) is 11.8 Å². The summed E-state index contributed by atoms with van der Waals surface area (Å²) >= 11 is 0. The SMILES string of the molecule is N#CCN1CC2CC(C2)C1. The fourth-order valence-electron chi connectivity index (χ4n) is 2.21. The zero-order valence-electron chi connectivity index (χ0n) is 6.08. The molecule has 0 aromatic rings. The maximum atomic E-state index is 8.43. The van der Waals surface area contributed by atoms with E-state index in [0.29, 0.717) is 6.54 Å². The molecular weight excluding hydrogens is 124 g/mol. The minimum atomic E-state index is 0.646. The van der Waals surface area contributed by atoms with Crippen LogP contribution in [0.4, 0.5) is 0 Å². The molecule has 1 aliphatic carbocycles. The highest BCUT2D eigenvalue weighted by molar-refractivity contribution is 4.92. The van der Waals surface area contributed by atoms with Crippen molar-refractivity contribution in [2.75, 3.05) is 19.6 Å². The van der Waals surface area contributed by atoms with Crippen molar-refractivity contribution < 1.29 is 0 Å². The van der Waals surface area contributed by atoms with E-state index in [1.807, 2.05) is 0 Å². The summed E-state index contributed by atoms with van der Waals surface area (Å²) in [6, 6.07) is 2.20. The number of rotatable bonds is 1. The third-order valence-electron chi connectivity index (χ3n) is 2.66. The predicted molar refractivity (Wildman–Crippen MR) is 38.3 cm³/mol. The van der Waals surface area contributed by atoms with Gasteiger partial charge in [-0.1, -0.05) is 0 Å². The second-order valence-electron chi connectivity index (χ2n) is 3.56. The van der Waals surface area contributed by atoms with Gasteiger partial charge in [-0.05, 0) is 24.7 Å². The molecule has 2 aliphatic heterocycles. The molecule has 0 N–H and O–H groups in total. The molecule has 3 rings (SSSR count). The molecule has 2 saturated heterocycles. The van der Waals surface area contributed by atoms with E-state index in [1.54, 1.807) is 0 Å². The Kier molecular flexibility index (Phi) is 1.39. The van der Waals surface area contributed by atoms with Crippen LogP contribution in [-0.4, -0.2) is 24.5 Å². The first-order valence-corrected chi connectivity index (χ1v) is 3.98. The van der Waals surface area contributed by atoms with Crippen LogP contribution in [0.5, 0.6) is 0 Å². The van der Waals surface area contributed by atoms with Crippen LogP contribution in [0.15, 0.2) is 0 Å². The molecule has 2 heteroatoms. The van der Waals surface area contributed by atoms with E-state index in [0.717, 1.165) is 11.8 Å². The van der Waals surface area contributed by atoms with Crippen LogP contribution >= 0.6 is 0 Å². The fraction of sp³-hybridized carbons (Fsp3) is 0.875. The molecule has 0 unspecified atom stereocenters. The zero-order valence-corrected chi connectivity index (χ0v) is 6.08. The third kappa shape index (κ3) is 0.911. The summed E-state index contributed by atoms with van der Waals surface area (Å²) in [6.45, 7) is 3.01. The van der Waals surface area contributed by atoms with Gasteiger partial charge in [-0.3, -0.25) is 4.90 Å². The number of nitriles is 1. The Bertz CT molecular complexity index is 155. The maximum absolute atomic E-state index is 8.43. The van der Waals surface area contributed by atoms with Crippen molar-refractivity contribution in [3.8, 4) is 6.07 Å². The van der Waals surface area contributed by atoms with Gasteiger partial charge in [0.25, 0.3) is 0 Å². The lowest BCUT2D eigenvalue weighted by atomic mass is 9.71. The van der Waals surface area contributed by atoms with Crippen molar-refractivity contribution in [1.29, 1.82) is 5.26 Å². The Morgan fingerprint density at radius 2 is 1.90 bits per heavy atom. The van der Waals surface area contributed by atoms with Gasteiger partial charge in [0.2, 0.25) is 0 Å². The fourth-order valence-corrected chi connectivity index (χ4v) is 2.21. The molecule has 0 amide bonds. The van der Waals surface area contributed by atoms with Crippen LogP contribution in [0.1, 0.15) is 12.8 Å². The second kappa shape index (κ2) is 2.25. The number of hydrogen-bond acceptors (Lipinski definition) is 2. The zero-order chi connectivity index (χ0) is 6.97. The predicted octanol–water partition coefficient (Wildman–Crippen LogP) is 0.852. The molecule has 0 spiro atoms. The Morgan fingerprint density at radius 3 is 2.40 bits per heavy atom. The van der Waals surface area contributed by atoms with E-state index < -0.39 is 0 Å². The highest BCUT2D eigenvalue weighted by Gasteiger charge is 2.36. The van der Waals surface area contributed by atoms with E-state index in [1.165, 1.54) is 25.9 Å². The Labute approximate surface area is 61.4 Å². The lowest BCUT2D eigenvalue weighted by Crippen LogP contribution is -2.48. The first kappa shape index (κ1) is 6.18. The number of nitrogens with zero attached hydrogens (tertiary/aromatic N) is 2. The second-order valence-corrected chi connectivity index (χ2v) is 3.56. The third-order valence-corrected chi connectivity index (χ3v) is 2.66. The summed E-state index contributed by atoms with van der Waals surface area (Å²) in [5.41, 5.74) is 0. The highest BCUT2D eigenvalue weighted by Crippen LogP contribution is 2.38. The minimum absolute atomic E-state index is 0.646. The Morgan fingerprint density at radius 1 is 1.30 bits per heavy atom. The number of fused-ring (bicyclic) bond motifs is 2. The monoisotopic (exact) mass is 136 g/mol. The van der Waals surface area contributed by atoms with Crippen molar-refractivity contribution >= 4 is 0 Å². The molecule has 3 fully saturated rings. The van der Waals surface area contributed by atoms with Crippen molar-refractivity contribution in [1.82, 2.24) is 4.90 Å². The normalized spacial score (nSPS) is 38.3. The molecule has 54 valence electrons. The summed E-state index contributed by atoms with van der Waals surface area (Å²) < 4.78 is 0. The summed E-state index contributed by atoms with van der Waals surface area (Å²) in [5.74, 6) is 1.87. The van der Waals surface area contributed by atoms with Gasteiger partial charge in [-0.2, -0.15) is 5.26 Å². The maximum Gasteiger partial charge on any atom is 0.0866 e. The minimum Gasteiger partial charge on any atom is -0.290 e. The van der Waals surface area contributed by atoms with Crippen molar-refractivity contribution in [3.63, 3.8) is 0 Å². The highest BCUT2D eigenvalue weighted by atomic mass is 15.1. The summed E-state index contributed by atoms with van der Waals surface area (Å²) in [5, 5.41) is 8.43. The molecule has 3 aliphatic rings. The largest absolute Gasteiger partial charge is 0.290 e. The van der Waals surface area contributed by atoms with Crippen LogP contribution in [0.25, 0.3) is 0 Å². The van der Waals surface area contributed by atoms with E-state index in [2.05, 4.69) is 11.0 Å². The van der Waals surface area contributed by atoms with E-state index in [-0.39, 0.29) is 0 Å². The first-order chi connectivity index (χ1) is 4.88. The molecule has 0 aromatic heterocycles. The van der Waals surface area contributed by atoms with Gasteiger partial charge in [0.15, 0.2) is 0 Å². The number of piperidine rings is 2. The molecule has 0 aromatic carbocycles. The quantitative estimate of drug-likeness (QED) is 0.500. The number of hydrogen-bond donors (Lipinski definition) is 0.